The van der Waals surface area contributed by atoms with Crippen LogP contribution in [0.4, 0.5) is 30.8 Å². The quantitative estimate of drug-likeness (QED) is 0.542. The molecule has 0 radical (unpaired) electrons. The van der Waals surface area contributed by atoms with E-state index in [1.165, 1.54) is 0 Å². The highest BCUT2D eigenvalue weighted by atomic mass is 19.4. The van der Waals surface area contributed by atoms with Gasteiger partial charge >= 0.3 is 12.2 Å². The topological polar surface area (TPSA) is 90.4 Å². The highest BCUT2D eigenvalue weighted by Gasteiger charge is 2.29. The van der Waals surface area contributed by atoms with Gasteiger partial charge in [0.2, 0.25) is 11.9 Å². The van der Waals surface area contributed by atoms with Crippen LogP contribution in [0.2, 0.25) is 0 Å². The first-order valence-corrected chi connectivity index (χ1v) is 9.99. The Morgan fingerprint density at radius 1 is 0.818 bits per heavy atom. The number of benzene rings is 2. The smallest absolute Gasteiger partial charge is 0.422 e. The van der Waals surface area contributed by atoms with Gasteiger partial charge in [-0.05, 0) is 54.1 Å². The fourth-order valence-electron chi connectivity index (χ4n) is 2.78. The van der Waals surface area contributed by atoms with Gasteiger partial charge in [-0.25, -0.2) is 0 Å². The largest absolute Gasteiger partial charge is 0.490 e. The van der Waals surface area contributed by atoms with Crippen molar-refractivity contribution in [2.75, 3.05) is 30.5 Å². The van der Waals surface area contributed by atoms with Crippen molar-refractivity contribution in [2.45, 2.75) is 12.7 Å². The Hall–Kier alpha value is -4.02. The molecule has 0 aliphatic carbocycles. The number of alkyl halides is 3. The number of nitrogens with zero attached hydrogens (tertiary/aromatic N) is 3. The predicted molar refractivity (Wildman–Crippen MR) is 115 cm³/mol. The van der Waals surface area contributed by atoms with Crippen LogP contribution in [0, 0.1) is 0 Å². The minimum absolute atomic E-state index is 0.0272. The molecule has 7 rings (SSSR count). The van der Waals surface area contributed by atoms with Gasteiger partial charge in [0, 0.05) is 12.2 Å². The van der Waals surface area contributed by atoms with Crippen molar-refractivity contribution in [1.82, 2.24) is 15.0 Å². The summed E-state index contributed by atoms with van der Waals surface area (Å²) in [5.41, 5.74) is 1.50. The Bertz CT molecular complexity index is 1090. The van der Waals surface area contributed by atoms with Crippen LogP contribution >= 0.6 is 0 Å². The van der Waals surface area contributed by atoms with Crippen molar-refractivity contribution in [1.29, 1.82) is 0 Å². The van der Waals surface area contributed by atoms with Crippen LogP contribution in [0.5, 0.6) is 17.5 Å². The van der Waals surface area contributed by atoms with Crippen LogP contribution < -0.4 is 24.8 Å². The van der Waals surface area contributed by atoms with E-state index in [1.807, 2.05) is 36.4 Å². The molecule has 5 heterocycles. The SMILES string of the molecule is FC(F)(F)COc1nc2nc(n1)Nc1ccc(cc1)OC/C=C\COc1ccc(cc1)CN2. The van der Waals surface area contributed by atoms with Gasteiger partial charge in [0.25, 0.3) is 0 Å². The Balaban J connectivity index is 1.60. The van der Waals surface area contributed by atoms with E-state index in [9.17, 15) is 13.2 Å². The average molecular weight is 459 g/mol. The molecule has 33 heavy (non-hydrogen) atoms. The van der Waals surface area contributed by atoms with Crippen LogP contribution in [0.1, 0.15) is 5.56 Å². The van der Waals surface area contributed by atoms with Crippen molar-refractivity contribution in [3.8, 4) is 17.5 Å². The second-order valence-corrected chi connectivity index (χ2v) is 6.91. The summed E-state index contributed by atoms with van der Waals surface area (Å²) in [7, 11) is 0. The molecule has 0 saturated carbocycles. The lowest BCUT2D eigenvalue weighted by molar-refractivity contribution is -0.154. The molecule has 4 aliphatic rings. The van der Waals surface area contributed by atoms with E-state index in [4.69, 9.17) is 14.2 Å². The van der Waals surface area contributed by atoms with Crippen molar-refractivity contribution in [3.05, 3.63) is 66.2 Å². The Morgan fingerprint density at radius 3 is 2.06 bits per heavy atom. The maximum absolute atomic E-state index is 12.6. The van der Waals surface area contributed by atoms with Crippen LogP contribution in [0.25, 0.3) is 0 Å². The number of halogens is 3. The molecule has 1 aromatic heterocycles. The van der Waals surface area contributed by atoms with Crippen molar-refractivity contribution >= 4 is 17.6 Å². The highest BCUT2D eigenvalue weighted by molar-refractivity contribution is 5.55. The number of hydrogen-bond donors (Lipinski definition) is 2. The first-order valence-electron chi connectivity index (χ1n) is 9.99. The maximum atomic E-state index is 12.6. The minimum atomic E-state index is -4.52. The number of rotatable bonds is 2. The molecule has 8 nitrogen and oxygen atoms in total. The zero-order chi connectivity index (χ0) is 23.1. The third-order valence-electron chi connectivity index (χ3n) is 4.32. The van der Waals surface area contributed by atoms with Gasteiger partial charge in [-0.15, -0.1) is 0 Å². The molecule has 0 amide bonds. The Morgan fingerprint density at radius 2 is 1.42 bits per heavy atom. The summed E-state index contributed by atoms with van der Waals surface area (Å²) in [4.78, 5) is 12.1. The Labute approximate surface area is 187 Å². The zero-order valence-corrected chi connectivity index (χ0v) is 17.3. The predicted octanol–water partition coefficient (Wildman–Crippen LogP) is 4.50. The third kappa shape index (κ3) is 6.99. The van der Waals surface area contributed by atoms with E-state index in [-0.39, 0.29) is 11.9 Å². The van der Waals surface area contributed by atoms with Crippen LogP contribution in [0.3, 0.4) is 0 Å². The number of ether oxygens (including phenoxy) is 3. The van der Waals surface area contributed by atoms with E-state index in [1.54, 1.807) is 24.3 Å². The average Bonchev–Trinajstić information content (AvgIpc) is 2.79. The van der Waals surface area contributed by atoms with Gasteiger partial charge in [0.1, 0.15) is 24.7 Å². The first-order chi connectivity index (χ1) is 15.9. The molecular weight excluding hydrogens is 439 g/mol. The van der Waals surface area contributed by atoms with Crippen molar-refractivity contribution in [3.63, 3.8) is 0 Å². The molecule has 4 aliphatic heterocycles. The third-order valence-corrected chi connectivity index (χ3v) is 4.32. The first kappa shape index (κ1) is 22.2. The van der Waals surface area contributed by atoms with Crippen molar-refractivity contribution < 1.29 is 27.4 Å². The molecule has 2 aromatic carbocycles. The van der Waals surface area contributed by atoms with E-state index < -0.39 is 18.8 Å². The summed E-state index contributed by atoms with van der Waals surface area (Å²) in [5.74, 6) is 1.43. The van der Waals surface area contributed by atoms with E-state index >= 15 is 0 Å². The van der Waals surface area contributed by atoms with Crippen LogP contribution in [-0.2, 0) is 6.54 Å². The number of hydrogen-bond acceptors (Lipinski definition) is 8. The monoisotopic (exact) mass is 459 g/mol. The molecule has 0 atom stereocenters. The fourth-order valence-corrected chi connectivity index (χ4v) is 2.78. The highest BCUT2D eigenvalue weighted by Crippen LogP contribution is 2.22. The fraction of sp³-hybridized carbons (Fsp3) is 0.227. The number of aromatic nitrogens is 3. The summed E-state index contributed by atoms with van der Waals surface area (Å²) in [6.07, 6.45) is -0.791. The van der Waals surface area contributed by atoms with E-state index in [2.05, 4.69) is 25.6 Å². The second kappa shape index (κ2) is 10.1. The van der Waals surface area contributed by atoms with Crippen LogP contribution in [-0.4, -0.2) is 40.9 Å². The lowest BCUT2D eigenvalue weighted by Crippen LogP contribution is -2.21. The second-order valence-electron chi connectivity index (χ2n) is 6.91. The van der Waals surface area contributed by atoms with E-state index in [0.29, 0.717) is 36.9 Å². The Kier molecular flexibility index (Phi) is 6.77. The summed E-state index contributed by atoms with van der Waals surface area (Å²) in [6, 6.07) is 13.8. The molecule has 0 unspecified atom stereocenters. The molecule has 0 spiro atoms. The minimum Gasteiger partial charge on any atom is -0.490 e. The standard InChI is InChI=1S/C22H20F3N5O3/c23-22(24,25)14-33-21-29-19-26-13-15-3-7-17(8-4-15)31-11-1-2-12-32-18-9-5-16(6-10-18)27-20(28-19)30-21/h1-10H,11-14H2,(H2,26,27,28,29,30)/b2-1-. The molecule has 0 saturated heterocycles. The summed E-state index contributed by atoms with van der Waals surface area (Å²) in [5, 5.41) is 5.92. The molecule has 172 valence electrons. The van der Waals surface area contributed by atoms with Gasteiger partial charge in [-0.2, -0.15) is 28.1 Å². The number of anilines is 3. The van der Waals surface area contributed by atoms with Crippen molar-refractivity contribution in [2.24, 2.45) is 0 Å². The lowest BCUT2D eigenvalue weighted by atomic mass is 10.2. The number of nitrogens with one attached hydrogen (secondary N) is 2. The van der Waals surface area contributed by atoms with Gasteiger partial charge in [-0.3, -0.25) is 0 Å². The maximum Gasteiger partial charge on any atom is 0.422 e. The summed E-state index contributed by atoms with van der Waals surface area (Å²) >= 11 is 0. The molecule has 0 fully saturated rings. The van der Waals surface area contributed by atoms with Gasteiger partial charge in [0.05, 0.1) is 0 Å². The molecule has 2 N–H and O–H groups in total. The molecular formula is C22H20F3N5O3. The summed E-state index contributed by atoms with van der Waals surface area (Å²) in [6.45, 7) is -0.415. The zero-order valence-electron chi connectivity index (χ0n) is 17.3. The summed E-state index contributed by atoms with van der Waals surface area (Å²) < 4.78 is 53.8. The van der Waals surface area contributed by atoms with Gasteiger partial charge in [-0.1, -0.05) is 12.1 Å². The van der Waals surface area contributed by atoms with Crippen LogP contribution in [0.15, 0.2) is 60.7 Å². The normalized spacial score (nSPS) is 14.9. The van der Waals surface area contributed by atoms with Gasteiger partial charge in [0.15, 0.2) is 6.61 Å². The van der Waals surface area contributed by atoms with Gasteiger partial charge < -0.3 is 24.8 Å². The molecule has 11 heteroatoms. The molecule has 3 aromatic rings. The molecule has 6 bridgehead atoms. The lowest BCUT2D eigenvalue weighted by Gasteiger charge is -2.12. The van der Waals surface area contributed by atoms with E-state index in [0.717, 1.165) is 5.56 Å².